The lowest BCUT2D eigenvalue weighted by molar-refractivity contribution is 0.250. The molecule has 118 valence electrons. The van der Waals surface area contributed by atoms with Crippen molar-refractivity contribution in [3.8, 4) is 0 Å². The summed E-state index contributed by atoms with van der Waals surface area (Å²) in [7, 11) is -3.02. The standard InChI is InChI=1S/C15H30N2O2S/c1-15(2,3)16-12-13-8-10-17(11-9-13)20(18,19)14-6-4-5-7-14/h13-14,16H,4-12H2,1-3H3. The van der Waals surface area contributed by atoms with Crippen LogP contribution >= 0.6 is 0 Å². The third-order valence-corrected chi connectivity index (χ3v) is 6.98. The number of rotatable bonds is 4. The molecule has 0 aromatic carbocycles. The minimum atomic E-state index is -3.02. The molecule has 2 aliphatic rings. The molecule has 0 amide bonds. The molecule has 1 saturated carbocycles. The van der Waals surface area contributed by atoms with Gasteiger partial charge in [-0.05, 0) is 58.9 Å². The molecule has 5 heteroatoms. The van der Waals surface area contributed by atoms with Crippen molar-refractivity contribution in [2.75, 3.05) is 19.6 Å². The summed E-state index contributed by atoms with van der Waals surface area (Å²) < 4.78 is 26.8. The van der Waals surface area contributed by atoms with E-state index in [9.17, 15) is 8.42 Å². The normalized spacial score (nSPS) is 24.4. The summed E-state index contributed by atoms with van der Waals surface area (Å²) >= 11 is 0. The zero-order valence-electron chi connectivity index (χ0n) is 13.2. The summed E-state index contributed by atoms with van der Waals surface area (Å²) in [4.78, 5) is 0. The van der Waals surface area contributed by atoms with Crippen LogP contribution < -0.4 is 5.32 Å². The zero-order chi connectivity index (χ0) is 14.8. The molecule has 0 spiro atoms. The Balaban J connectivity index is 1.82. The molecular weight excluding hydrogens is 272 g/mol. The zero-order valence-corrected chi connectivity index (χ0v) is 14.0. The summed E-state index contributed by atoms with van der Waals surface area (Å²) in [6.45, 7) is 8.96. The fourth-order valence-electron chi connectivity index (χ4n) is 3.22. The van der Waals surface area contributed by atoms with E-state index < -0.39 is 10.0 Å². The van der Waals surface area contributed by atoms with Gasteiger partial charge in [0.15, 0.2) is 0 Å². The molecule has 0 unspecified atom stereocenters. The van der Waals surface area contributed by atoms with Crippen LogP contribution in [0.1, 0.15) is 59.3 Å². The van der Waals surface area contributed by atoms with E-state index in [1.807, 2.05) is 0 Å². The first-order chi connectivity index (χ1) is 9.29. The Bertz CT molecular complexity index is 400. The number of hydrogen-bond acceptors (Lipinski definition) is 3. The van der Waals surface area contributed by atoms with E-state index in [-0.39, 0.29) is 10.8 Å². The van der Waals surface area contributed by atoms with E-state index in [0.29, 0.717) is 5.92 Å². The molecule has 1 heterocycles. The van der Waals surface area contributed by atoms with Gasteiger partial charge in [-0.25, -0.2) is 12.7 Å². The van der Waals surface area contributed by atoms with Crippen molar-refractivity contribution in [1.29, 1.82) is 0 Å². The molecule has 0 aromatic rings. The lowest BCUT2D eigenvalue weighted by Gasteiger charge is -2.34. The maximum Gasteiger partial charge on any atom is 0.216 e. The topological polar surface area (TPSA) is 49.4 Å². The Morgan fingerprint density at radius 3 is 2.10 bits per heavy atom. The summed E-state index contributed by atoms with van der Waals surface area (Å²) in [5, 5.41) is 3.44. The molecule has 20 heavy (non-hydrogen) atoms. The monoisotopic (exact) mass is 302 g/mol. The predicted octanol–water partition coefficient (Wildman–Crippen LogP) is 2.36. The molecular formula is C15H30N2O2S. The quantitative estimate of drug-likeness (QED) is 0.867. The van der Waals surface area contributed by atoms with Crippen LogP contribution in [0.2, 0.25) is 0 Å². The molecule has 1 aliphatic heterocycles. The van der Waals surface area contributed by atoms with E-state index in [4.69, 9.17) is 0 Å². The van der Waals surface area contributed by atoms with E-state index in [1.165, 1.54) is 0 Å². The van der Waals surface area contributed by atoms with Gasteiger partial charge in [-0.15, -0.1) is 0 Å². The van der Waals surface area contributed by atoms with Gasteiger partial charge < -0.3 is 5.32 Å². The van der Waals surface area contributed by atoms with Gasteiger partial charge in [0.2, 0.25) is 10.0 Å². The average molecular weight is 302 g/mol. The largest absolute Gasteiger partial charge is 0.312 e. The smallest absolute Gasteiger partial charge is 0.216 e. The molecule has 0 aromatic heterocycles. The Labute approximate surface area is 124 Å². The first-order valence-corrected chi connectivity index (χ1v) is 9.53. The lowest BCUT2D eigenvalue weighted by atomic mass is 9.97. The van der Waals surface area contributed by atoms with Crippen LogP contribution in [-0.4, -0.2) is 43.1 Å². The Morgan fingerprint density at radius 2 is 1.60 bits per heavy atom. The van der Waals surface area contributed by atoms with Crippen LogP contribution in [0.25, 0.3) is 0 Å². The summed E-state index contributed by atoms with van der Waals surface area (Å²) in [6.07, 6.45) is 5.89. The molecule has 0 atom stereocenters. The highest BCUT2D eigenvalue weighted by atomic mass is 32.2. The van der Waals surface area contributed by atoms with Crippen molar-refractivity contribution in [3.05, 3.63) is 0 Å². The SMILES string of the molecule is CC(C)(C)NCC1CCN(S(=O)(=O)C2CCCC2)CC1. The van der Waals surface area contributed by atoms with Crippen LogP contribution in [0.5, 0.6) is 0 Å². The second-order valence-electron chi connectivity index (χ2n) is 7.42. The van der Waals surface area contributed by atoms with Gasteiger partial charge in [0, 0.05) is 18.6 Å². The van der Waals surface area contributed by atoms with Gasteiger partial charge in [0.1, 0.15) is 0 Å². The van der Waals surface area contributed by atoms with E-state index in [1.54, 1.807) is 4.31 Å². The van der Waals surface area contributed by atoms with Crippen LogP contribution in [0.3, 0.4) is 0 Å². The maximum atomic E-state index is 12.5. The number of nitrogens with one attached hydrogen (secondary N) is 1. The van der Waals surface area contributed by atoms with Gasteiger partial charge in [0.05, 0.1) is 5.25 Å². The molecule has 0 radical (unpaired) electrons. The summed E-state index contributed by atoms with van der Waals surface area (Å²) in [5.74, 6) is 0.615. The number of piperidine rings is 1. The van der Waals surface area contributed by atoms with Gasteiger partial charge in [0.25, 0.3) is 0 Å². The van der Waals surface area contributed by atoms with E-state index >= 15 is 0 Å². The van der Waals surface area contributed by atoms with E-state index in [0.717, 1.165) is 58.2 Å². The fraction of sp³-hybridized carbons (Fsp3) is 1.00. The van der Waals surface area contributed by atoms with Crippen LogP contribution in [0.15, 0.2) is 0 Å². The van der Waals surface area contributed by atoms with Crippen molar-refractivity contribution >= 4 is 10.0 Å². The second kappa shape index (κ2) is 6.32. The van der Waals surface area contributed by atoms with Gasteiger partial charge in [-0.2, -0.15) is 0 Å². The number of hydrogen-bond donors (Lipinski definition) is 1. The first kappa shape index (κ1) is 16.2. The highest BCUT2D eigenvalue weighted by Gasteiger charge is 2.36. The molecule has 1 N–H and O–H groups in total. The van der Waals surface area contributed by atoms with Crippen LogP contribution in [0, 0.1) is 5.92 Å². The Morgan fingerprint density at radius 1 is 1.05 bits per heavy atom. The summed E-state index contributed by atoms with van der Waals surface area (Å²) in [6, 6.07) is 0. The predicted molar refractivity (Wildman–Crippen MR) is 83.2 cm³/mol. The first-order valence-electron chi connectivity index (χ1n) is 8.03. The maximum absolute atomic E-state index is 12.5. The van der Waals surface area contributed by atoms with Crippen molar-refractivity contribution in [2.24, 2.45) is 5.92 Å². The fourth-order valence-corrected chi connectivity index (χ4v) is 5.29. The van der Waals surface area contributed by atoms with E-state index in [2.05, 4.69) is 26.1 Å². The highest BCUT2D eigenvalue weighted by molar-refractivity contribution is 7.89. The van der Waals surface area contributed by atoms with Crippen LogP contribution in [-0.2, 0) is 10.0 Å². The van der Waals surface area contributed by atoms with Crippen molar-refractivity contribution < 1.29 is 8.42 Å². The second-order valence-corrected chi connectivity index (χ2v) is 9.64. The van der Waals surface area contributed by atoms with Gasteiger partial charge in [-0.1, -0.05) is 12.8 Å². The van der Waals surface area contributed by atoms with Crippen molar-refractivity contribution in [1.82, 2.24) is 9.62 Å². The molecule has 4 nitrogen and oxygen atoms in total. The molecule has 0 bridgehead atoms. The third-order valence-electron chi connectivity index (χ3n) is 4.58. The Hall–Kier alpha value is -0.130. The summed E-state index contributed by atoms with van der Waals surface area (Å²) in [5.41, 5.74) is 0.146. The molecule has 1 aliphatic carbocycles. The van der Waals surface area contributed by atoms with Gasteiger partial charge >= 0.3 is 0 Å². The van der Waals surface area contributed by atoms with Gasteiger partial charge in [-0.3, -0.25) is 0 Å². The number of nitrogens with zero attached hydrogens (tertiary/aromatic N) is 1. The number of sulfonamides is 1. The molecule has 2 rings (SSSR count). The average Bonchev–Trinajstić information content (AvgIpc) is 2.90. The highest BCUT2D eigenvalue weighted by Crippen LogP contribution is 2.29. The lowest BCUT2D eigenvalue weighted by Crippen LogP contribution is -2.46. The van der Waals surface area contributed by atoms with Crippen LogP contribution in [0.4, 0.5) is 0 Å². The van der Waals surface area contributed by atoms with Crippen molar-refractivity contribution in [3.63, 3.8) is 0 Å². The minimum absolute atomic E-state index is 0.0910. The molecule has 1 saturated heterocycles. The third kappa shape index (κ3) is 4.18. The molecule has 2 fully saturated rings. The van der Waals surface area contributed by atoms with Crippen molar-refractivity contribution in [2.45, 2.75) is 70.1 Å². The minimum Gasteiger partial charge on any atom is -0.312 e. The Kier molecular flexibility index (Phi) is 5.14.